The van der Waals surface area contributed by atoms with E-state index < -0.39 is 0 Å². The van der Waals surface area contributed by atoms with Crippen LogP contribution >= 0.6 is 15.9 Å². The highest BCUT2D eigenvalue weighted by Crippen LogP contribution is 2.35. The van der Waals surface area contributed by atoms with Gasteiger partial charge in [0.05, 0.1) is 6.61 Å². The normalized spacial score (nSPS) is 22.2. The summed E-state index contributed by atoms with van der Waals surface area (Å²) in [4.78, 5) is 0.450. The lowest BCUT2D eigenvalue weighted by molar-refractivity contribution is 0.185. The molecule has 2 unspecified atom stereocenters. The summed E-state index contributed by atoms with van der Waals surface area (Å²) in [5.41, 5.74) is 2.82. The van der Waals surface area contributed by atoms with Crippen LogP contribution in [0.15, 0.2) is 24.3 Å². The van der Waals surface area contributed by atoms with Crippen molar-refractivity contribution in [2.75, 3.05) is 13.2 Å². The summed E-state index contributed by atoms with van der Waals surface area (Å²) >= 11 is 3.80. The standard InChI is InChI=1S/C14H19BrO/c1-2-3-11-4-6-12(7-5-11)14(15)13-8-9-16-10-13/h4-7,13-14H,2-3,8-10H2,1H3. The molecule has 0 saturated carbocycles. The van der Waals surface area contributed by atoms with E-state index in [2.05, 4.69) is 47.1 Å². The first kappa shape index (κ1) is 12.1. The van der Waals surface area contributed by atoms with Gasteiger partial charge in [0.1, 0.15) is 0 Å². The van der Waals surface area contributed by atoms with Crippen LogP contribution in [-0.2, 0) is 11.2 Å². The summed E-state index contributed by atoms with van der Waals surface area (Å²) in [5.74, 6) is 0.636. The average Bonchev–Trinajstić information content (AvgIpc) is 2.83. The lowest BCUT2D eigenvalue weighted by atomic mass is 9.97. The molecule has 0 radical (unpaired) electrons. The van der Waals surface area contributed by atoms with E-state index in [1.807, 2.05) is 0 Å². The van der Waals surface area contributed by atoms with Gasteiger partial charge in [-0.3, -0.25) is 0 Å². The van der Waals surface area contributed by atoms with Crippen molar-refractivity contribution >= 4 is 15.9 Å². The summed E-state index contributed by atoms with van der Waals surface area (Å²) in [5, 5.41) is 0. The second-order valence-corrected chi connectivity index (χ2v) is 5.50. The van der Waals surface area contributed by atoms with Crippen LogP contribution < -0.4 is 0 Å². The Hall–Kier alpha value is -0.340. The highest BCUT2D eigenvalue weighted by atomic mass is 79.9. The third-order valence-corrected chi connectivity index (χ3v) is 4.49. The Bertz CT molecular complexity index is 314. The number of hydrogen-bond acceptors (Lipinski definition) is 1. The van der Waals surface area contributed by atoms with Gasteiger partial charge in [0.25, 0.3) is 0 Å². The van der Waals surface area contributed by atoms with Crippen LogP contribution in [-0.4, -0.2) is 13.2 Å². The first-order chi connectivity index (χ1) is 7.81. The van der Waals surface area contributed by atoms with Gasteiger partial charge in [-0.25, -0.2) is 0 Å². The molecule has 0 amide bonds. The van der Waals surface area contributed by atoms with E-state index in [9.17, 15) is 0 Å². The molecule has 1 nitrogen and oxygen atoms in total. The van der Waals surface area contributed by atoms with Crippen molar-refractivity contribution in [3.63, 3.8) is 0 Å². The second-order valence-electron chi connectivity index (χ2n) is 4.52. The number of ether oxygens (including phenoxy) is 1. The molecule has 1 aromatic carbocycles. The zero-order valence-electron chi connectivity index (χ0n) is 9.79. The highest BCUT2D eigenvalue weighted by Gasteiger charge is 2.24. The van der Waals surface area contributed by atoms with Crippen LogP contribution in [0.25, 0.3) is 0 Å². The Balaban J connectivity index is 2.02. The van der Waals surface area contributed by atoms with Gasteiger partial charge in [0.15, 0.2) is 0 Å². The smallest absolute Gasteiger partial charge is 0.0509 e. The third kappa shape index (κ3) is 2.86. The number of halogens is 1. The largest absolute Gasteiger partial charge is 0.381 e. The van der Waals surface area contributed by atoms with Gasteiger partial charge in [-0.15, -0.1) is 0 Å². The zero-order chi connectivity index (χ0) is 11.4. The van der Waals surface area contributed by atoms with Gasteiger partial charge < -0.3 is 4.74 Å². The van der Waals surface area contributed by atoms with E-state index in [1.54, 1.807) is 0 Å². The monoisotopic (exact) mass is 282 g/mol. The maximum Gasteiger partial charge on any atom is 0.0509 e. The fraction of sp³-hybridized carbons (Fsp3) is 0.571. The van der Waals surface area contributed by atoms with Crippen molar-refractivity contribution in [3.8, 4) is 0 Å². The van der Waals surface area contributed by atoms with Crippen LogP contribution in [0.5, 0.6) is 0 Å². The first-order valence-electron chi connectivity index (χ1n) is 6.12. The molecular formula is C14H19BrO. The maximum atomic E-state index is 5.43. The molecule has 1 aliphatic heterocycles. The van der Waals surface area contributed by atoms with E-state index in [4.69, 9.17) is 4.74 Å². The fourth-order valence-corrected chi connectivity index (χ4v) is 2.93. The van der Waals surface area contributed by atoms with E-state index in [-0.39, 0.29) is 0 Å². The van der Waals surface area contributed by atoms with Gasteiger partial charge >= 0.3 is 0 Å². The minimum Gasteiger partial charge on any atom is -0.381 e. The van der Waals surface area contributed by atoms with Crippen LogP contribution in [0.4, 0.5) is 0 Å². The average molecular weight is 283 g/mol. The molecule has 0 spiro atoms. The van der Waals surface area contributed by atoms with Gasteiger partial charge in [0, 0.05) is 17.4 Å². The van der Waals surface area contributed by atoms with Crippen molar-refractivity contribution in [1.29, 1.82) is 0 Å². The molecule has 2 atom stereocenters. The zero-order valence-corrected chi connectivity index (χ0v) is 11.4. The Morgan fingerprint density at radius 2 is 2.12 bits per heavy atom. The number of aryl methyl sites for hydroxylation is 1. The summed E-state index contributed by atoms with van der Waals surface area (Å²) in [6.45, 7) is 4.03. The van der Waals surface area contributed by atoms with E-state index in [1.165, 1.54) is 30.4 Å². The molecule has 0 aromatic heterocycles. The Morgan fingerprint density at radius 1 is 1.38 bits per heavy atom. The minimum absolute atomic E-state index is 0.450. The fourth-order valence-electron chi connectivity index (χ4n) is 2.21. The summed E-state index contributed by atoms with van der Waals surface area (Å²) < 4.78 is 5.43. The summed E-state index contributed by atoms with van der Waals surface area (Å²) in [6, 6.07) is 9.01. The lowest BCUT2D eigenvalue weighted by Crippen LogP contribution is -2.07. The molecule has 0 aliphatic carbocycles. The molecule has 2 rings (SSSR count). The van der Waals surface area contributed by atoms with Crippen molar-refractivity contribution in [2.45, 2.75) is 31.0 Å². The number of hydrogen-bond donors (Lipinski definition) is 0. The summed E-state index contributed by atoms with van der Waals surface area (Å²) in [6.07, 6.45) is 3.57. The lowest BCUT2D eigenvalue weighted by Gasteiger charge is -2.16. The third-order valence-electron chi connectivity index (χ3n) is 3.22. The minimum atomic E-state index is 0.450. The molecule has 88 valence electrons. The highest BCUT2D eigenvalue weighted by molar-refractivity contribution is 9.09. The Morgan fingerprint density at radius 3 is 2.69 bits per heavy atom. The van der Waals surface area contributed by atoms with E-state index in [0.29, 0.717) is 10.7 Å². The van der Waals surface area contributed by atoms with E-state index >= 15 is 0 Å². The van der Waals surface area contributed by atoms with Crippen molar-refractivity contribution in [1.82, 2.24) is 0 Å². The van der Waals surface area contributed by atoms with Gasteiger partial charge in [-0.1, -0.05) is 53.5 Å². The molecule has 0 bridgehead atoms. The van der Waals surface area contributed by atoms with E-state index in [0.717, 1.165) is 13.2 Å². The van der Waals surface area contributed by atoms with Crippen molar-refractivity contribution in [2.24, 2.45) is 5.92 Å². The topological polar surface area (TPSA) is 9.23 Å². The van der Waals surface area contributed by atoms with Gasteiger partial charge in [0.2, 0.25) is 0 Å². The quantitative estimate of drug-likeness (QED) is 0.755. The Labute approximate surface area is 106 Å². The van der Waals surface area contributed by atoms with Crippen molar-refractivity contribution < 1.29 is 4.74 Å². The predicted octanol–water partition coefficient (Wildman–Crippen LogP) is 4.11. The molecule has 1 aliphatic rings. The van der Waals surface area contributed by atoms with Crippen LogP contribution in [0.3, 0.4) is 0 Å². The summed E-state index contributed by atoms with van der Waals surface area (Å²) in [7, 11) is 0. The predicted molar refractivity (Wildman–Crippen MR) is 71.0 cm³/mol. The molecule has 0 N–H and O–H groups in total. The Kier molecular flexibility index (Phi) is 4.42. The molecule has 1 saturated heterocycles. The van der Waals surface area contributed by atoms with Gasteiger partial charge in [-0.05, 0) is 24.0 Å². The molecule has 1 aromatic rings. The molecule has 1 heterocycles. The van der Waals surface area contributed by atoms with Gasteiger partial charge in [-0.2, -0.15) is 0 Å². The van der Waals surface area contributed by atoms with Crippen LogP contribution in [0, 0.1) is 5.92 Å². The number of benzene rings is 1. The number of alkyl halides is 1. The molecular weight excluding hydrogens is 264 g/mol. The van der Waals surface area contributed by atoms with Crippen LogP contribution in [0.1, 0.15) is 35.7 Å². The molecule has 2 heteroatoms. The SMILES string of the molecule is CCCc1ccc(C(Br)C2CCOC2)cc1. The number of rotatable bonds is 4. The van der Waals surface area contributed by atoms with Crippen molar-refractivity contribution in [3.05, 3.63) is 35.4 Å². The second kappa shape index (κ2) is 5.83. The molecule has 1 fully saturated rings. The first-order valence-corrected chi connectivity index (χ1v) is 7.03. The maximum absolute atomic E-state index is 5.43. The van der Waals surface area contributed by atoms with Crippen LogP contribution in [0.2, 0.25) is 0 Å². The molecule has 16 heavy (non-hydrogen) atoms.